The van der Waals surface area contributed by atoms with E-state index in [1.807, 2.05) is 6.92 Å². The van der Waals surface area contributed by atoms with Gasteiger partial charge in [-0.1, -0.05) is 15.9 Å². The number of hydrogen-bond donors (Lipinski definition) is 0. The van der Waals surface area contributed by atoms with Crippen LogP contribution in [0.1, 0.15) is 17.6 Å². The van der Waals surface area contributed by atoms with E-state index >= 15 is 0 Å². The first-order valence-corrected chi connectivity index (χ1v) is 5.70. The zero-order valence-corrected chi connectivity index (χ0v) is 9.68. The van der Waals surface area contributed by atoms with Crippen molar-refractivity contribution in [2.24, 2.45) is 0 Å². The molecule has 0 aliphatic carbocycles. The molecule has 0 spiro atoms. The van der Waals surface area contributed by atoms with Crippen molar-refractivity contribution in [3.05, 3.63) is 27.7 Å². The highest BCUT2D eigenvalue weighted by molar-refractivity contribution is 9.10. The predicted molar refractivity (Wildman–Crippen MR) is 55.6 cm³/mol. The fourth-order valence-electron chi connectivity index (χ4n) is 1.02. The van der Waals surface area contributed by atoms with Crippen molar-refractivity contribution in [2.45, 2.75) is 18.2 Å². The van der Waals surface area contributed by atoms with E-state index in [1.54, 1.807) is 12.3 Å². The molecule has 1 rings (SSSR count). The Morgan fingerprint density at radius 1 is 1.38 bits per heavy atom. The van der Waals surface area contributed by atoms with E-state index in [9.17, 15) is 8.78 Å². The van der Waals surface area contributed by atoms with Gasteiger partial charge in [0.1, 0.15) is 0 Å². The van der Waals surface area contributed by atoms with E-state index in [2.05, 4.69) is 15.9 Å². The largest absolute Gasteiger partial charge is 0.264 e. The van der Waals surface area contributed by atoms with Gasteiger partial charge in [-0.2, -0.15) is 0 Å². The third-order valence-corrected chi connectivity index (χ3v) is 3.39. The van der Waals surface area contributed by atoms with Gasteiger partial charge in [0, 0.05) is 14.9 Å². The maximum atomic E-state index is 12.5. The normalized spacial score (nSPS) is 10.9. The molecule has 0 fully saturated rings. The summed E-state index contributed by atoms with van der Waals surface area (Å²) < 4.78 is 25.7. The van der Waals surface area contributed by atoms with Crippen molar-refractivity contribution >= 4 is 27.7 Å². The molecule has 1 aromatic carbocycles. The standard InChI is InChI=1S/C9H9BrF2S/c1-5-3-8(13-2)6(9(11)12)4-7(5)10/h3-4,9H,1-2H3. The van der Waals surface area contributed by atoms with E-state index < -0.39 is 6.43 Å². The van der Waals surface area contributed by atoms with Crippen LogP contribution in [0.15, 0.2) is 21.5 Å². The van der Waals surface area contributed by atoms with Gasteiger partial charge in [-0.05, 0) is 30.9 Å². The van der Waals surface area contributed by atoms with E-state index in [0.717, 1.165) is 10.0 Å². The average Bonchev–Trinajstić information content (AvgIpc) is 2.08. The third-order valence-electron chi connectivity index (χ3n) is 1.75. The Morgan fingerprint density at radius 2 is 2.00 bits per heavy atom. The van der Waals surface area contributed by atoms with Gasteiger partial charge in [-0.25, -0.2) is 8.78 Å². The maximum absolute atomic E-state index is 12.5. The fraction of sp³-hybridized carbons (Fsp3) is 0.333. The minimum absolute atomic E-state index is 0.102. The molecule has 0 bridgehead atoms. The summed E-state index contributed by atoms with van der Waals surface area (Å²) in [6.07, 6.45) is -0.603. The molecule has 0 N–H and O–H groups in total. The van der Waals surface area contributed by atoms with Crippen LogP contribution in [-0.4, -0.2) is 6.26 Å². The summed E-state index contributed by atoms with van der Waals surface area (Å²) in [7, 11) is 0. The lowest BCUT2D eigenvalue weighted by Gasteiger charge is -2.08. The lowest BCUT2D eigenvalue weighted by molar-refractivity contribution is 0.148. The van der Waals surface area contributed by atoms with Crippen LogP contribution < -0.4 is 0 Å². The van der Waals surface area contributed by atoms with Crippen molar-refractivity contribution < 1.29 is 8.78 Å². The monoisotopic (exact) mass is 266 g/mol. The molecular formula is C9H9BrF2S. The van der Waals surface area contributed by atoms with Crippen LogP contribution in [-0.2, 0) is 0 Å². The topological polar surface area (TPSA) is 0 Å². The predicted octanol–water partition coefficient (Wildman–Crippen LogP) is 4.42. The number of benzene rings is 1. The highest BCUT2D eigenvalue weighted by Gasteiger charge is 2.13. The first kappa shape index (κ1) is 11.0. The van der Waals surface area contributed by atoms with Crippen LogP contribution in [0.25, 0.3) is 0 Å². The Labute approximate surface area is 88.8 Å². The Morgan fingerprint density at radius 3 is 2.46 bits per heavy atom. The van der Waals surface area contributed by atoms with Crippen LogP contribution in [0.2, 0.25) is 0 Å². The van der Waals surface area contributed by atoms with Crippen molar-refractivity contribution in [2.75, 3.05) is 6.26 Å². The summed E-state index contributed by atoms with van der Waals surface area (Å²) in [5.74, 6) is 0. The minimum Gasteiger partial charge on any atom is -0.205 e. The summed E-state index contributed by atoms with van der Waals surface area (Å²) >= 11 is 4.58. The molecule has 0 saturated heterocycles. The molecule has 0 nitrogen and oxygen atoms in total. The first-order valence-electron chi connectivity index (χ1n) is 3.68. The van der Waals surface area contributed by atoms with Gasteiger partial charge in [0.15, 0.2) is 0 Å². The summed E-state index contributed by atoms with van der Waals surface area (Å²) in [5, 5.41) is 0. The molecule has 0 heterocycles. The van der Waals surface area contributed by atoms with Crippen molar-refractivity contribution in [3.8, 4) is 0 Å². The number of halogens is 3. The van der Waals surface area contributed by atoms with Crippen molar-refractivity contribution in [1.29, 1.82) is 0 Å². The number of thioether (sulfide) groups is 1. The van der Waals surface area contributed by atoms with Crippen molar-refractivity contribution in [3.63, 3.8) is 0 Å². The van der Waals surface area contributed by atoms with Gasteiger partial charge in [-0.15, -0.1) is 11.8 Å². The summed E-state index contributed by atoms with van der Waals surface area (Å²) in [6, 6.07) is 3.27. The second-order valence-electron chi connectivity index (χ2n) is 2.64. The van der Waals surface area contributed by atoms with Gasteiger partial charge in [0.05, 0.1) is 0 Å². The molecular weight excluding hydrogens is 258 g/mol. The van der Waals surface area contributed by atoms with E-state index in [0.29, 0.717) is 4.90 Å². The molecule has 1 aromatic rings. The Hall–Kier alpha value is -0.0900. The van der Waals surface area contributed by atoms with Crippen LogP contribution in [0, 0.1) is 6.92 Å². The number of alkyl halides is 2. The summed E-state index contributed by atoms with van der Waals surface area (Å²) in [6.45, 7) is 1.89. The molecule has 0 aliphatic rings. The van der Waals surface area contributed by atoms with Crippen LogP contribution >= 0.6 is 27.7 Å². The van der Waals surface area contributed by atoms with Gasteiger partial charge in [0.25, 0.3) is 6.43 Å². The average molecular weight is 267 g/mol. The number of aryl methyl sites for hydroxylation is 1. The smallest absolute Gasteiger partial charge is 0.205 e. The van der Waals surface area contributed by atoms with E-state index in [1.165, 1.54) is 17.8 Å². The zero-order valence-electron chi connectivity index (χ0n) is 7.27. The Bertz CT molecular complexity index is 313. The highest BCUT2D eigenvalue weighted by Crippen LogP contribution is 2.33. The molecule has 0 radical (unpaired) electrons. The maximum Gasteiger partial charge on any atom is 0.264 e. The van der Waals surface area contributed by atoms with Gasteiger partial charge in [-0.3, -0.25) is 0 Å². The van der Waals surface area contributed by atoms with Gasteiger partial charge < -0.3 is 0 Å². The summed E-state index contributed by atoms with van der Waals surface area (Å²) in [5.41, 5.74) is 1.08. The second-order valence-corrected chi connectivity index (χ2v) is 4.35. The Balaban J connectivity index is 3.25. The van der Waals surface area contributed by atoms with Crippen molar-refractivity contribution in [1.82, 2.24) is 0 Å². The molecule has 0 saturated carbocycles. The molecule has 0 aromatic heterocycles. The quantitative estimate of drug-likeness (QED) is 0.715. The molecule has 0 atom stereocenters. The van der Waals surface area contributed by atoms with E-state index in [4.69, 9.17) is 0 Å². The molecule has 72 valence electrons. The molecule has 0 aliphatic heterocycles. The van der Waals surface area contributed by atoms with Gasteiger partial charge in [0.2, 0.25) is 0 Å². The van der Waals surface area contributed by atoms with Crippen LogP contribution in [0.4, 0.5) is 8.78 Å². The van der Waals surface area contributed by atoms with Crippen LogP contribution in [0.5, 0.6) is 0 Å². The lowest BCUT2D eigenvalue weighted by Crippen LogP contribution is -1.90. The second kappa shape index (κ2) is 4.42. The van der Waals surface area contributed by atoms with E-state index in [-0.39, 0.29) is 5.56 Å². The fourth-order valence-corrected chi connectivity index (χ4v) is 2.06. The minimum atomic E-state index is -2.40. The highest BCUT2D eigenvalue weighted by atomic mass is 79.9. The number of hydrogen-bond acceptors (Lipinski definition) is 1. The third kappa shape index (κ3) is 2.44. The van der Waals surface area contributed by atoms with Crippen LogP contribution in [0.3, 0.4) is 0 Å². The summed E-state index contributed by atoms with van der Waals surface area (Å²) in [4.78, 5) is 0.649. The zero-order chi connectivity index (χ0) is 10.0. The molecule has 13 heavy (non-hydrogen) atoms. The SMILES string of the molecule is CSc1cc(C)c(Br)cc1C(F)F. The Kier molecular flexibility index (Phi) is 3.74. The van der Waals surface area contributed by atoms with Gasteiger partial charge >= 0.3 is 0 Å². The first-order chi connectivity index (χ1) is 6.06. The molecule has 0 unspecified atom stereocenters. The molecule has 0 amide bonds. The molecule has 4 heteroatoms. The lowest BCUT2D eigenvalue weighted by atomic mass is 10.1. The number of rotatable bonds is 2.